The van der Waals surface area contributed by atoms with Crippen molar-refractivity contribution in [1.29, 1.82) is 0 Å². The van der Waals surface area contributed by atoms with Gasteiger partial charge in [0.15, 0.2) is 11.6 Å². The Bertz CT molecular complexity index is 1240. The molecule has 7 nitrogen and oxygen atoms in total. The van der Waals surface area contributed by atoms with Gasteiger partial charge in [0.25, 0.3) is 0 Å². The summed E-state index contributed by atoms with van der Waals surface area (Å²) >= 11 is 0. The van der Waals surface area contributed by atoms with Crippen molar-refractivity contribution in [1.82, 2.24) is 9.88 Å². The summed E-state index contributed by atoms with van der Waals surface area (Å²) in [4.78, 5) is 31.1. The van der Waals surface area contributed by atoms with Crippen LogP contribution in [0.4, 0.5) is 5.82 Å². The number of carbonyl (C=O) groups excluding carboxylic acids is 2. The number of nitrogens with zero attached hydrogens (tertiary/aromatic N) is 2. The molecule has 1 atom stereocenters. The molecule has 2 amide bonds. The van der Waals surface area contributed by atoms with Crippen LogP contribution < -0.4 is 10.1 Å². The van der Waals surface area contributed by atoms with Crippen LogP contribution in [0.5, 0.6) is 5.75 Å². The summed E-state index contributed by atoms with van der Waals surface area (Å²) in [7, 11) is 1.76. The number of anilines is 1. The Balaban J connectivity index is 1.51. The fourth-order valence-electron chi connectivity index (χ4n) is 3.83. The maximum Gasteiger partial charge on any atom is 0.246 e. The zero-order valence-corrected chi connectivity index (χ0v) is 19.6. The van der Waals surface area contributed by atoms with Crippen LogP contribution in [0, 0.1) is 5.41 Å². The molecule has 3 heterocycles. The first-order chi connectivity index (χ1) is 15.7. The molecule has 1 aliphatic rings. The van der Waals surface area contributed by atoms with E-state index in [1.807, 2.05) is 45.0 Å². The molecule has 0 fully saturated rings. The van der Waals surface area contributed by atoms with Crippen molar-refractivity contribution in [3.05, 3.63) is 59.5 Å². The topological polar surface area (TPSA) is 84.7 Å². The predicted octanol–water partition coefficient (Wildman–Crippen LogP) is 4.98. The van der Waals surface area contributed by atoms with Crippen LogP contribution in [0.2, 0.25) is 0 Å². The van der Waals surface area contributed by atoms with E-state index in [1.54, 1.807) is 30.3 Å². The molecule has 0 saturated heterocycles. The van der Waals surface area contributed by atoms with Gasteiger partial charge in [-0.2, -0.15) is 0 Å². The Hall–Kier alpha value is -3.61. The number of pyridine rings is 1. The van der Waals surface area contributed by atoms with Crippen molar-refractivity contribution >= 4 is 34.7 Å². The summed E-state index contributed by atoms with van der Waals surface area (Å²) in [5.41, 5.74) is 2.01. The third-order valence-corrected chi connectivity index (χ3v) is 6.12. The quantitative estimate of drug-likeness (QED) is 0.558. The zero-order chi connectivity index (χ0) is 23.8. The lowest BCUT2D eigenvalue weighted by Crippen LogP contribution is -2.33. The number of benzene rings is 1. The third-order valence-electron chi connectivity index (χ3n) is 6.12. The molecule has 1 aliphatic heterocycles. The molecule has 0 saturated carbocycles. The minimum absolute atomic E-state index is 0.139. The number of likely N-dealkylation sites (N-methyl/N-ethyl adjacent to an activating group) is 1. The van der Waals surface area contributed by atoms with E-state index >= 15 is 0 Å². The third kappa shape index (κ3) is 4.35. The van der Waals surface area contributed by atoms with Crippen LogP contribution in [-0.4, -0.2) is 35.4 Å². The van der Waals surface area contributed by atoms with Crippen molar-refractivity contribution in [2.75, 3.05) is 19.0 Å². The summed E-state index contributed by atoms with van der Waals surface area (Å²) in [5, 5.41) is 3.88. The highest BCUT2D eigenvalue weighted by molar-refractivity contribution is 5.96. The molecule has 0 radical (unpaired) electrons. The molecule has 1 N–H and O–H groups in total. The summed E-state index contributed by atoms with van der Waals surface area (Å²) in [5.74, 6) is 1.38. The largest absolute Gasteiger partial charge is 0.489 e. The SMILES string of the molecule is CCc1c(C(C)N(C)C(=O)/C=C/c2cnc3c(c2)OCC(C)(C)C(=O)N3)oc2ccccc12. The fraction of sp³-hybridized carbons (Fsp3) is 0.346. The standard InChI is InChI=1S/C26H29N3O4/c1-6-18-19-9-7-8-10-20(19)33-23(18)16(2)29(5)22(30)12-11-17-13-21-24(27-14-17)28-25(31)26(3,4)15-32-21/h7-14,16H,6,15H2,1-5H3,(H,27,28,31)/b12-11+. The average molecular weight is 448 g/mol. The van der Waals surface area contributed by atoms with Gasteiger partial charge in [-0.3, -0.25) is 9.59 Å². The number of ether oxygens (including phenoxy) is 1. The Morgan fingerprint density at radius 2 is 2.09 bits per heavy atom. The minimum atomic E-state index is -0.653. The molecule has 0 bridgehead atoms. The molecule has 7 heteroatoms. The second kappa shape index (κ2) is 8.73. The zero-order valence-electron chi connectivity index (χ0n) is 19.6. The van der Waals surface area contributed by atoms with Crippen LogP contribution in [0.3, 0.4) is 0 Å². The van der Waals surface area contributed by atoms with Crippen LogP contribution >= 0.6 is 0 Å². The number of furan rings is 1. The van der Waals surface area contributed by atoms with E-state index in [1.165, 1.54) is 6.08 Å². The second-order valence-corrected chi connectivity index (χ2v) is 9.00. The molecule has 4 rings (SSSR count). The van der Waals surface area contributed by atoms with Gasteiger partial charge in [0.2, 0.25) is 11.8 Å². The Morgan fingerprint density at radius 1 is 1.33 bits per heavy atom. The lowest BCUT2D eigenvalue weighted by molar-refractivity contribution is -0.127. The van der Waals surface area contributed by atoms with Gasteiger partial charge in [-0.15, -0.1) is 0 Å². The van der Waals surface area contributed by atoms with Gasteiger partial charge in [-0.05, 0) is 51.0 Å². The van der Waals surface area contributed by atoms with Gasteiger partial charge in [0, 0.05) is 30.3 Å². The van der Waals surface area contributed by atoms with Gasteiger partial charge in [0.1, 0.15) is 18.0 Å². The van der Waals surface area contributed by atoms with Crippen molar-refractivity contribution < 1.29 is 18.7 Å². The van der Waals surface area contributed by atoms with E-state index in [0.717, 1.165) is 28.7 Å². The van der Waals surface area contributed by atoms with E-state index < -0.39 is 5.41 Å². The lowest BCUT2D eigenvalue weighted by Gasteiger charge is -2.23. The summed E-state index contributed by atoms with van der Waals surface area (Å²) in [6, 6.07) is 9.48. The molecule has 0 aliphatic carbocycles. The normalized spacial score (nSPS) is 16.1. The van der Waals surface area contributed by atoms with E-state index in [2.05, 4.69) is 17.2 Å². The number of nitrogens with one attached hydrogen (secondary N) is 1. The highest BCUT2D eigenvalue weighted by Crippen LogP contribution is 2.33. The smallest absolute Gasteiger partial charge is 0.246 e. The van der Waals surface area contributed by atoms with E-state index in [4.69, 9.17) is 9.15 Å². The van der Waals surface area contributed by atoms with Crippen molar-refractivity contribution in [3.8, 4) is 5.75 Å². The number of amides is 2. The van der Waals surface area contributed by atoms with Crippen LogP contribution in [0.25, 0.3) is 17.0 Å². The van der Waals surface area contributed by atoms with Gasteiger partial charge >= 0.3 is 0 Å². The molecule has 3 aromatic rings. The maximum absolute atomic E-state index is 12.9. The number of fused-ring (bicyclic) bond motifs is 2. The Labute approximate surface area is 193 Å². The molecule has 172 valence electrons. The number of aryl methyl sites for hydroxylation is 1. The summed E-state index contributed by atoms with van der Waals surface area (Å²) < 4.78 is 11.9. The van der Waals surface area contributed by atoms with Crippen LogP contribution in [0.15, 0.2) is 47.0 Å². The lowest BCUT2D eigenvalue weighted by atomic mass is 9.94. The highest BCUT2D eigenvalue weighted by Gasteiger charge is 2.33. The van der Waals surface area contributed by atoms with Crippen molar-refractivity contribution in [2.45, 2.75) is 40.2 Å². The molecule has 1 unspecified atom stereocenters. The highest BCUT2D eigenvalue weighted by atomic mass is 16.5. The minimum Gasteiger partial charge on any atom is -0.489 e. The monoisotopic (exact) mass is 447 g/mol. The summed E-state index contributed by atoms with van der Waals surface area (Å²) in [6.45, 7) is 7.93. The van der Waals surface area contributed by atoms with Crippen LogP contribution in [0.1, 0.15) is 50.6 Å². The van der Waals surface area contributed by atoms with E-state index in [9.17, 15) is 9.59 Å². The first kappa shape index (κ1) is 22.6. The average Bonchev–Trinajstić information content (AvgIpc) is 3.14. The van der Waals surface area contributed by atoms with Gasteiger partial charge in [0.05, 0.1) is 11.5 Å². The maximum atomic E-state index is 12.9. The number of hydrogen-bond donors (Lipinski definition) is 1. The van der Waals surface area contributed by atoms with Gasteiger partial charge in [-0.1, -0.05) is 25.1 Å². The molecule has 0 spiro atoms. The Morgan fingerprint density at radius 3 is 2.85 bits per heavy atom. The van der Waals surface area contributed by atoms with E-state index in [0.29, 0.717) is 17.1 Å². The molecule has 33 heavy (non-hydrogen) atoms. The number of rotatable bonds is 5. The summed E-state index contributed by atoms with van der Waals surface area (Å²) in [6.07, 6.45) is 5.62. The number of hydrogen-bond acceptors (Lipinski definition) is 5. The first-order valence-electron chi connectivity index (χ1n) is 11.1. The number of para-hydroxylation sites is 1. The van der Waals surface area contributed by atoms with Gasteiger partial charge < -0.3 is 19.4 Å². The van der Waals surface area contributed by atoms with Crippen molar-refractivity contribution in [2.24, 2.45) is 5.41 Å². The van der Waals surface area contributed by atoms with Gasteiger partial charge in [-0.25, -0.2) is 4.98 Å². The predicted molar refractivity (Wildman–Crippen MR) is 128 cm³/mol. The number of aromatic nitrogens is 1. The first-order valence-corrected chi connectivity index (χ1v) is 11.1. The second-order valence-electron chi connectivity index (χ2n) is 9.00. The van der Waals surface area contributed by atoms with Crippen molar-refractivity contribution in [3.63, 3.8) is 0 Å². The van der Waals surface area contributed by atoms with Crippen LogP contribution in [-0.2, 0) is 16.0 Å². The molecule has 2 aromatic heterocycles. The number of carbonyl (C=O) groups is 2. The fourth-order valence-corrected chi connectivity index (χ4v) is 3.83. The molecular weight excluding hydrogens is 418 g/mol. The van der Waals surface area contributed by atoms with E-state index in [-0.39, 0.29) is 24.5 Å². The molecular formula is C26H29N3O4. The Kier molecular flexibility index (Phi) is 5.97. The molecule has 1 aromatic carbocycles.